The summed E-state index contributed by atoms with van der Waals surface area (Å²) in [6.45, 7) is 1.38. The Kier molecular flexibility index (Phi) is 6.28. The quantitative estimate of drug-likeness (QED) is 0.742. The van der Waals surface area contributed by atoms with E-state index in [0.717, 1.165) is 42.6 Å². The molecule has 0 bridgehead atoms. The minimum Gasteiger partial charge on any atom is -0.497 e. The number of methoxy groups -OCH3 is 2. The number of fused-ring (bicyclic) bond motifs is 1. The van der Waals surface area contributed by atoms with Gasteiger partial charge >= 0.3 is 0 Å². The zero-order valence-electron chi connectivity index (χ0n) is 18.2. The number of hydrogen-bond donors (Lipinski definition) is 1. The highest BCUT2D eigenvalue weighted by atomic mass is 16.5. The number of carbonyl (C=O) groups excluding carboxylic acids is 2. The zero-order valence-corrected chi connectivity index (χ0v) is 18.2. The minimum atomic E-state index is -0.492. The van der Waals surface area contributed by atoms with Crippen LogP contribution in [0.2, 0.25) is 0 Å². The summed E-state index contributed by atoms with van der Waals surface area (Å²) >= 11 is 0. The Hall–Kier alpha value is -2.86. The SMILES string of the molecule is COCCN1C(=O)c2ccccc2C(C(=O)NCc2ccc(OC)cc2)C12CCCC2. The van der Waals surface area contributed by atoms with Gasteiger partial charge < -0.3 is 19.7 Å². The van der Waals surface area contributed by atoms with Crippen LogP contribution in [0.4, 0.5) is 0 Å². The molecular formula is C25H30N2O4. The van der Waals surface area contributed by atoms with Gasteiger partial charge in [0.2, 0.25) is 5.91 Å². The molecule has 0 aromatic heterocycles. The second-order valence-corrected chi connectivity index (χ2v) is 8.35. The molecule has 2 aromatic rings. The van der Waals surface area contributed by atoms with Crippen molar-refractivity contribution >= 4 is 11.8 Å². The molecule has 6 heteroatoms. The number of benzene rings is 2. The summed E-state index contributed by atoms with van der Waals surface area (Å²) in [4.78, 5) is 29.0. The summed E-state index contributed by atoms with van der Waals surface area (Å²) in [6, 6.07) is 15.2. The van der Waals surface area contributed by atoms with Gasteiger partial charge in [0.15, 0.2) is 0 Å². The zero-order chi connectivity index (χ0) is 21.8. The smallest absolute Gasteiger partial charge is 0.254 e. The van der Waals surface area contributed by atoms with Gasteiger partial charge in [0, 0.05) is 25.8 Å². The van der Waals surface area contributed by atoms with Gasteiger partial charge in [0.1, 0.15) is 5.75 Å². The average molecular weight is 423 g/mol. The maximum atomic E-state index is 13.6. The number of amides is 2. The minimum absolute atomic E-state index is 0.00811. The molecule has 31 heavy (non-hydrogen) atoms. The molecule has 0 radical (unpaired) electrons. The Labute approximate surface area is 183 Å². The van der Waals surface area contributed by atoms with Crippen LogP contribution in [-0.4, -0.2) is 49.6 Å². The third-order valence-corrected chi connectivity index (χ3v) is 6.70. The van der Waals surface area contributed by atoms with Crippen molar-refractivity contribution in [3.63, 3.8) is 0 Å². The van der Waals surface area contributed by atoms with Crippen molar-refractivity contribution in [3.8, 4) is 5.75 Å². The van der Waals surface area contributed by atoms with Gasteiger partial charge in [-0.2, -0.15) is 0 Å². The third kappa shape index (κ3) is 3.92. The van der Waals surface area contributed by atoms with Gasteiger partial charge in [-0.3, -0.25) is 9.59 Å². The molecule has 6 nitrogen and oxygen atoms in total. The van der Waals surface area contributed by atoms with E-state index in [2.05, 4.69) is 5.32 Å². The first-order valence-electron chi connectivity index (χ1n) is 10.9. The van der Waals surface area contributed by atoms with Crippen molar-refractivity contribution in [2.24, 2.45) is 0 Å². The first-order valence-corrected chi connectivity index (χ1v) is 10.9. The van der Waals surface area contributed by atoms with E-state index >= 15 is 0 Å². The first-order chi connectivity index (χ1) is 15.1. The largest absolute Gasteiger partial charge is 0.497 e. The van der Waals surface area contributed by atoms with E-state index in [-0.39, 0.29) is 17.7 Å². The molecule has 1 saturated carbocycles. The Bertz CT molecular complexity index is 935. The second kappa shape index (κ2) is 9.10. The Morgan fingerprint density at radius 2 is 1.81 bits per heavy atom. The topological polar surface area (TPSA) is 67.9 Å². The Morgan fingerprint density at radius 1 is 1.10 bits per heavy atom. The lowest BCUT2D eigenvalue weighted by Crippen LogP contribution is -2.61. The molecule has 1 aliphatic carbocycles. The lowest BCUT2D eigenvalue weighted by atomic mass is 9.71. The molecule has 2 aliphatic rings. The molecule has 1 aliphatic heterocycles. The number of rotatable bonds is 7. The monoisotopic (exact) mass is 422 g/mol. The van der Waals surface area contributed by atoms with E-state index in [1.807, 2.05) is 53.4 Å². The van der Waals surface area contributed by atoms with Crippen molar-refractivity contribution in [2.75, 3.05) is 27.4 Å². The molecule has 1 unspecified atom stereocenters. The van der Waals surface area contributed by atoms with E-state index in [0.29, 0.717) is 25.3 Å². The summed E-state index contributed by atoms with van der Waals surface area (Å²) in [5, 5.41) is 3.14. The highest BCUT2D eigenvalue weighted by molar-refractivity contribution is 6.02. The van der Waals surface area contributed by atoms with Crippen molar-refractivity contribution in [2.45, 2.75) is 43.7 Å². The van der Waals surface area contributed by atoms with Crippen LogP contribution >= 0.6 is 0 Å². The molecule has 1 atom stereocenters. The number of hydrogen-bond acceptors (Lipinski definition) is 4. The van der Waals surface area contributed by atoms with Crippen LogP contribution in [0.5, 0.6) is 5.75 Å². The molecular weight excluding hydrogens is 392 g/mol. The lowest BCUT2D eigenvalue weighted by molar-refractivity contribution is -0.126. The van der Waals surface area contributed by atoms with Crippen LogP contribution in [-0.2, 0) is 16.1 Å². The molecule has 1 N–H and O–H groups in total. The van der Waals surface area contributed by atoms with E-state index in [4.69, 9.17) is 9.47 Å². The Balaban J connectivity index is 1.66. The lowest BCUT2D eigenvalue weighted by Gasteiger charge is -2.50. The number of nitrogens with one attached hydrogen (secondary N) is 1. The second-order valence-electron chi connectivity index (χ2n) is 8.35. The number of nitrogens with zero attached hydrogens (tertiary/aromatic N) is 1. The normalized spacial score (nSPS) is 19.4. The summed E-state index contributed by atoms with van der Waals surface area (Å²) in [5.41, 5.74) is 1.98. The summed E-state index contributed by atoms with van der Waals surface area (Å²) in [6.07, 6.45) is 3.69. The van der Waals surface area contributed by atoms with E-state index in [9.17, 15) is 9.59 Å². The van der Waals surface area contributed by atoms with Crippen LogP contribution in [0.1, 0.15) is 53.1 Å². The molecule has 0 saturated heterocycles. The fourth-order valence-electron chi connectivity index (χ4n) is 5.21. The van der Waals surface area contributed by atoms with Crippen molar-refractivity contribution < 1.29 is 19.1 Å². The maximum absolute atomic E-state index is 13.6. The molecule has 1 heterocycles. The van der Waals surface area contributed by atoms with Gasteiger partial charge in [0.25, 0.3) is 5.91 Å². The fraction of sp³-hybridized carbons (Fsp3) is 0.440. The van der Waals surface area contributed by atoms with Crippen molar-refractivity contribution in [3.05, 3.63) is 65.2 Å². The molecule has 1 fully saturated rings. The maximum Gasteiger partial charge on any atom is 0.254 e. The average Bonchev–Trinajstić information content (AvgIpc) is 3.28. The fourth-order valence-corrected chi connectivity index (χ4v) is 5.21. The standard InChI is InChI=1S/C25H30N2O4/c1-30-16-15-27-24(29)21-8-4-3-7-20(21)22(25(27)13-5-6-14-25)23(28)26-17-18-9-11-19(31-2)12-10-18/h3-4,7-12,22H,5-6,13-17H2,1-2H3,(H,26,28). The van der Waals surface area contributed by atoms with Crippen molar-refractivity contribution in [1.82, 2.24) is 10.2 Å². The van der Waals surface area contributed by atoms with E-state index < -0.39 is 5.54 Å². The van der Waals surface area contributed by atoms with Gasteiger partial charge in [-0.25, -0.2) is 0 Å². The highest BCUT2D eigenvalue weighted by Crippen LogP contribution is 2.50. The van der Waals surface area contributed by atoms with Crippen molar-refractivity contribution in [1.29, 1.82) is 0 Å². The Morgan fingerprint density at radius 3 is 2.48 bits per heavy atom. The third-order valence-electron chi connectivity index (χ3n) is 6.70. The van der Waals surface area contributed by atoms with Crippen LogP contribution < -0.4 is 10.1 Å². The number of carbonyl (C=O) groups is 2. The van der Waals surface area contributed by atoms with Gasteiger partial charge in [-0.1, -0.05) is 43.2 Å². The molecule has 164 valence electrons. The summed E-state index contributed by atoms with van der Waals surface area (Å²) in [7, 11) is 3.28. The predicted octanol–water partition coefficient (Wildman–Crippen LogP) is 3.51. The first kappa shape index (κ1) is 21.4. The van der Waals surface area contributed by atoms with Gasteiger partial charge in [-0.05, 0) is 42.2 Å². The summed E-state index contributed by atoms with van der Waals surface area (Å²) < 4.78 is 10.5. The molecule has 2 aromatic carbocycles. The van der Waals surface area contributed by atoms with Gasteiger partial charge in [-0.15, -0.1) is 0 Å². The van der Waals surface area contributed by atoms with Crippen LogP contribution in [0, 0.1) is 0 Å². The van der Waals surface area contributed by atoms with Crippen LogP contribution in [0.3, 0.4) is 0 Å². The predicted molar refractivity (Wildman–Crippen MR) is 118 cm³/mol. The van der Waals surface area contributed by atoms with Crippen LogP contribution in [0.15, 0.2) is 48.5 Å². The highest BCUT2D eigenvalue weighted by Gasteiger charge is 2.55. The van der Waals surface area contributed by atoms with E-state index in [1.54, 1.807) is 14.2 Å². The number of ether oxygens (including phenoxy) is 2. The summed E-state index contributed by atoms with van der Waals surface area (Å²) in [5.74, 6) is 0.376. The van der Waals surface area contributed by atoms with Crippen LogP contribution in [0.25, 0.3) is 0 Å². The molecule has 2 amide bonds. The van der Waals surface area contributed by atoms with Gasteiger partial charge in [0.05, 0.1) is 25.2 Å². The molecule has 1 spiro atoms. The molecule has 4 rings (SSSR count). The van der Waals surface area contributed by atoms with E-state index in [1.165, 1.54) is 0 Å².